The molecular weight excluding hydrogens is 301 g/mol. The highest BCUT2D eigenvalue weighted by atomic mass is 19.4. The molecule has 0 aliphatic heterocycles. The van der Waals surface area contributed by atoms with Crippen LogP contribution in [-0.2, 0) is 12.6 Å². The number of amides is 1. The van der Waals surface area contributed by atoms with Crippen molar-refractivity contribution >= 4 is 5.91 Å². The number of furan rings is 1. The van der Waals surface area contributed by atoms with Crippen LogP contribution in [0.15, 0.2) is 39.7 Å². The van der Waals surface area contributed by atoms with Gasteiger partial charge in [-0.2, -0.15) is 13.2 Å². The fourth-order valence-corrected chi connectivity index (χ4v) is 1.90. The van der Waals surface area contributed by atoms with E-state index in [4.69, 9.17) is 4.42 Å². The van der Waals surface area contributed by atoms with E-state index in [0.29, 0.717) is 18.2 Å². The van der Waals surface area contributed by atoms with E-state index in [0.717, 1.165) is 6.07 Å². The molecule has 2 heterocycles. The molecule has 0 aliphatic carbocycles. The van der Waals surface area contributed by atoms with Gasteiger partial charge in [0.1, 0.15) is 17.0 Å². The average molecular weight is 314 g/mol. The van der Waals surface area contributed by atoms with Gasteiger partial charge in [0.15, 0.2) is 0 Å². The smallest absolute Gasteiger partial charge is 0.431 e. The molecule has 2 aromatic heterocycles. The van der Waals surface area contributed by atoms with Gasteiger partial charge in [-0.25, -0.2) is 0 Å². The molecule has 118 valence electrons. The van der Waals surface area contributed by atoms with E-state index in [1.807, 2.05) is 0 Å². The zero-order chi connectivity index (χ0) is 16.3. The van der Waals surface area contributed by atoms with Crippen molar-refractivity contribution in [1.82, 2.24) is 10.3 Å². The Morgan fingerprint density at radius 2 is 2.09 bits per heavy atom. The molecule has 2 rings (SSSR count). The summed E-state index contributed by atoms with van der Waals surface area (Å²) in [5, 5.41) is 2.53. The minimum Gasteiger partial charge on any atom is -0.469 e. The molecule has 0 aliphatic rings. The van der Waals surface area contributed by atoms with Crippen molar-refractivity contribution in [3.8, 4) is 0 Å². The molecule has 0 radical (unpaired) electrons. The molecule has 0 bridgehead atoms. The molecule has 0 saturated carbocycles. The zero-order valence-corrected chi connectivity index (χ0v) is 11.5. The number of hydrogen-bond donors (Lipinski definition) is 2. The van der Waals surface area contributed by atoms with Crippen LogP contribution < -0.4 is 10.9 Å². The summed E-state index contributed by atoms with van der Waals surface area (Å²) in [6.45, 7) is 1.69. The number of rotatable bonds is 4. The highest BCUT2D eigenvalue weighted by Crippen LogP contribution is 2.26. The Hall–Kier alpha value is -2.51. The minimum atomic E-state index is -4.67. The number of nitrogens with one attached hydrogen (secondary N) is 2. The lowest BCUT2D eigenvalue weighted by molar-refractivity contribution is -0.141. The summed E-state index contributed by atoms with van der Waals surface area (Å²) in [6.07, 6.45) is -2.78. The normalized spacial score (nSPS) is 12.9. The molecule has 5 nitrogen and oxygen atoms in total. The van der Waals surface area contributed by atoms with Crippen LogP contribution in [0.5, 0.6) is 0 Å². The molecule has 1 amide bonds. The third-order valence-electron chi connectivity index (χ3n) is 2.92. The number of carbonyl (C=O) groups is 1. The topological polar surface area (TPSA) is 75.1 Å². The Morgan fingerprint density at radius 3 is 2.64 bits per heavy atom. The Balaban J connectivity index is 2.08. The molecule has 8 heteroatoms. The van der Waals surface area contributed by atoms with Gasteiger partial charge in [-0.3, -0.25) is 9.59 Å². The van der Waals surface area contributed by atoms with Crippen LogP contribution in [0.3, 0.4) is 0 Å². The van der Waals surface area contributed by atoms with Gasteiger partial charge < -0.3 is 14.7 Å². The number of alkyl halides is 3. The predicted octanol–water partition coefficient (Wildman–Crippen LogP) is 2.35. The molecule has 1 atom stereocenters. The number of carbonyl (C=O) groups excluding carboxylic acids is 1. The molecule has 2 N–H and O–H groups in total. The van der Waals surface area contributed by atoms with Crippen LogP contribution in [0.4, 0.5) is 13.2 Å². The van der Waals surface area contributed by atoms with Gasteiger partial charge in [0, 0.05) is 12.5 Å². The SMILES string of the molecule is C[C@@H](Cc1ccco1)NC(=O)c1ccc(C(F)(F)F)[nH]c1=O. The Kier molecular flexibility index (Phi) is 4.39. The van der Waals surface area contributed by atoms with E-state index >= 15 is 0 Å². The van der Waals surface area contributed by atoms with Crippen molar-refractivity contribution in [3.05, 3.63) is 57.9 Å². The van der Waals surface area contributed by atoms with Gasteiger partial charge in [-0.1, -0.05) is 0 Å². The van der Waals surface area contributed by atoms with Crippen LogP contribution in [0.1, 0.15) is 28.7 Å². The predicted molar refractivity (Wildman–Crippen MR) is 71.4 cm³/mol. The lowest BCUT2D eigenvalue weighted by Crippen LogP contribution is -2.37. The van der Waals surface area contributed by atoms with Crippen molar-refractivity contribution in [2.24, 2.45) is 0 Å². The second-order valence-electron chi connectivity index (χ2n) is 4.77. The third-order valence-corrected chi connectivity index (χ3v) is 2.92. The van der Waals surface area contributed by atoms with Crippen molar-refractivity contribution < 1.29 is 22.4 Å². The summed E-state index contributed by atoms with van der Waals surface area (Å²) in [5.41, 5.74) is -2.66. The maximum absolute atomic E-state index is 12.4. The van der Waals surface area contributed by atoms with Crippen LogP contribution in [-0.4, -0.2) is 16.9 Å². The first-order chi connectivity index (χ1) is 10.3. The zero-order valence-electron chi connectivity index (χ0n) is 11.5. The maximum Gasteiger partial charge on any atom is 0.431 e. The van der Waals surface area contributed by atoms with Crippen molar-refractivity contribution in [2.75, 3.05) is 0 Å². The van der Waals surface area contributed by atoms with Gasteiger partial charge in [-0.15, -0.1) is 0 Å². The van der Waals surface area contributed by atoms with Gasteiger partial charge >= 0.3 is 6.18 Å². The van der Waals surface area contributed by atoms with Crippen LogP contribution in [0, 0.1) is 0 Å². The van der Waals surface area contributed by atoms with Gasteiger partial charge in [0.05, 0.1) is 6.26 Å². The van der Waals surface area contributed by atoms with Crippen LogP contribution >= 0.6 is 0 Å². The van der Waals surface area contributed by atoms with Crippen LogP contribution in [0.2, 0.25) is 0 Å². The lowest BCUT2D eigenvalue weighted by Gasteiger charge is -2.12. The first kappa shape index (κ1) is 15.9. The monoisotopic (exact) mass is 314 g/mol. The summed E-state index contributed by atoms with van der Waals surface area (Å²) < 4.78 is 42.4. The molecule has 0 saturated heterocycles. The van der Waals surface area contributed by atoms with E-state index in [-0.39, 0.29) is 11.6 Å². The Morgan fingerprint density at radius 1 is 1.36 bits per heavy atom. The van der Waals surface area contributed by atoms with Crippen molar-refractivity contribution in [2.45, 2.75) is 25.6 Å². The number of aromatic nitrogens is 1. The fraction of sp³-hybridized carbons (Fsp3) is 0.286. The van der Waals surface area contributed by atoms with Crippen molar-refractivity contribution in [1.29, 1.82) is 0 Å². The maximum atomic E-state index is 12.4. The second kappa shape index (κ2) is 6.08. The van der Waals surface area contributed by atoms with Gasteiger partial charge in [-0.05, 0) is 31.2 Å². The summed E-state index contributed by atoms with van der Waals surface area (Å²) in [7, 11) is 0. The molecule has 22 heavy (non-hydrogen) atoms. The molecule has 0 aromatic carbocycles. The number of aromatic amines is 1. The second-order valence-corrected chi connectivity index (χ2v) is 4.77. The van der Waals surface area contributed by atoms with E-state index < -0.39 is 23.3 Å². The van der Waals surface area contributed by atoms with E-state index in [1.165, 1.54) is 6.26 Å². The Bertz CT molecular complexity index is 705. The Labute approximate surface area is 123 Å². The number of hydrogen-bond acceptors (Lipinski definition) is 3. The molecule has 2 aromatic rings. The average Bonchev–Trinajstić information content (AvgIpc) is 2.89. The molecular formula is C14H13F3N2O3. The quantitative estimate of drug-likeness (QED) is 0.909. The standard InChI is InChI=1S/C14H13F3N2O3/c1-8(7-9-3-2-6-22-9)18-12(20)10-4-5-11(14(15,16)17)19-13(10)21/h2-6,8H,7H2,1H3,(H,18,20)(H,19,21)/t8-/m0/s1. The highest BCUT2D eigenvalue weighted by Gasteiger charge is 2.32. The van der Waals surface area contributed by atoms with E-state index in [9.17, 15) is 22.8 Å². The largest absolute Gasteiger partial charge is 0.469 e. The summed E-state index contributed by atoms with van der Waals surface area (Å²) >= 11 is 0. The van der Waals surface area contributed by atoms with E-state index in [1.54, 1.807) is 24.0 Å². The summed E-state index contributed by atoms with van der Waals surface area (Å²) in [5.74, 6) is -0.0943. The summed E-state index contributed by atoms with van der Waals surface area (Å²) in [4.78, 5) is 25.2. The van der Waals surface area contributed by atoms with Gasteiger partial charge in [0.25, 0.3) is 11.5 Å². The van der Waals surface area contributed by atoms with E-state index in [2.05, 4.69) is 5.32 Å². The van der Waals surface area contributed by atoms with Gasteiger partial charge in [0.2, 0.25) is 0 Å². The number of halogens is 3. The van der Waals surface area contributed by atoms with Crippen LogP contribution in [0.25, 0.3) is 0 Å². The highest BCUT2D eigenvalue weighted by molar-refractivity contribution is 5.93. The first-order valence-electron chi connectivity index (χ1n) is 6.41. The van der Waals surface area contributed by atoms with Crippen molar-refractivity contribution in [3.63, 3.8) is 0 Å². The number of H-pyrrole nitrogens is 1. The fourth-order valence-electron chi connectivity index (χ4n) is 1.90. The minimum absolute atomic E-state index is 0.347. The first-order valence-corrected chi connectivity index (χ1v) is 6.41. The molecule has 0 fully saturated rings. The number of pyridine rings is 1. The summed E-state index contributed by atoms with van der Waals surface area (Å²) in [6, 6.07) is 4.60. The third kappa shape index (κ3) is 3.78. The lowest BCUT2D eigenvalue weighted by atomic mass is 10.1. The molecule has 0 spiro atoms. The molecule has 0 unspecified atom stereocenters.